The highest BCUT2D eigenvalue weighted by Crippen LogP contribution is 2.25. The molecule has 114 valence electrons. The van der Waals surface area contributed by atoms with E-state index in [1.165, 1.54) is 12.1 Å². The number of nitrogen functional groups attached to an aromatic ring is 1. The van der Waals surface area contributed by atoms with E-state index in [0.29, 0.717) is 10.8 Å². The summed E-state index contributed by atoms with van der Waals surface area (Å²) in [4.78, 5) is 10.4. The number of aryl methyl sites for hydroxylation is 1. The summed E-state index contributed by atoms with van der Waals surface area (Å²) in [6.45, 7) is 4.01. The first-order valence-corrected chi connectivity index (χ1v) is 6.97. The highest BCUT2D eigenvalue weighted by molar-refractivity contribution is 7.80. The second-order valence-corrected chi connectivity index (χ2v) is 5.27. The van der Waals surface area contributed by atoms with Gasteiger partial charge in [0.25, 0.3) is 5.69 Å². The van der Waals surface area contributed by atoms with Crippen LogP contribution in [-0.4, -0.2) is 10.0 Å². The van der Waals surface area contributed by atoms with Crippen molar-refractivity contribution in [3.63, 3.8) is 0 Å². The number of nitrogens with one attached hydrogen (secondary N) is 2. The Morgan fingerprint density at radius 1 is 1.23 bits per heavy atom. The number of nitro benzene ring substituents is 1. The summed E-state index contributed by atoms with van der Waals surface area (Å²) in [5.74, 6) is 0. The molecule has 0 unspecified atom stereocenters. The van der Waals surface area contributed by atoms with Crippen molar-refractivity contribution in [1.29, 1.82) is 0 Å². The molecule has 0 aliphatic heterocycles. The molecule has 0 aliphatic rings. The van der Waals surface area contributed by atoms with Crippen molar-refractivity contribution >= 4 is 40.1 Å². The highest BCUT2D eigenvalue weighted by atomic mass is 32.1. The molecule has 0 fully saturated rings. The Kier molecular flexibility index (Phi) is 4.57. The standard InChI is InChI=1S/C15H16N4O2S/c1-9-4-3-5-13(10(9)2)18-15(22)17-11-6-7-12(16)14(8-11)19(20)21/h3-8H,16H2,1-2H3,(H2,17,18,22). The molecular formula is C15H16N4O2S. The Morgan fingerprint density at radius 2 is 1.95 bits per heavy atom. The Bertz CT molecular complexity index is 746. The van der Waals surface area contributed by atoms with Gasteiger partial charge < -0.3 is 16.4 Å². The molecule has 0 spiro atoms. The van der Waals surface area contributed by atoms with Gasteiger partial charge in [0, 0.05) is 17.4 Å². The Balaban J connectivity index is 2.14. The molecule has 7 heteroatoms. The van der Waals surface area contributed by atoms with Crippen LogP contribution in [0.5, 0.6) is 0 Å². The van der Waals surface area contributed by atoms with E-state index >= 15 is 0 Å². The molecule has 4 N–H and O–H groups in total. The maximum Gasteiger partial charge on any atom is 0.294 e. The lowest BCUT2D eigenvalue weighted by atomic mass is 10.1. The van der Waals surface area contributed by atoms with Crippen molar-refractivity contribution in [3.05, 3.63) is 57.6 Å². The third-order valence-electron chi connectivity index (χ3n) is 3.34. The predicted molar refractivity (Wildman–Crippen MR) is 93.3 cm³/mol. The van der Waals surface area contributed by atoms with Crippen LogP contribution < -0.4 is 16.4 Å². The zero-order valence-electron chi connectivity index (χ0n) is 12.2. The zero-order chi connectivity index (χ0) is 16.3. The van der Waals surface area contributed by atoms with Crippen molar-refractivity contribution in [3.8, 4) is 0 Å². The molecule has 0 atom stereocenters. The number of anilines is 3. The molecule has 0 aliphatic carbocycles. The Hall–Kier alpha value is -2.67. The minimum absolute atomic E-state index is 0.115. The number of nitro groups is 1. The Morgan fingerprint density at radius 3 is 2.64 bits per heavy atom. The molecule has 0 amide bonds. The van der Waals surface area contributed by atoms with Crippen LogP contribution in [0.4, 0.5) is 22.7 Å². The van der Waals surface area contributed by atoms with Crippen LogP contribution in [0.3, 0.4) is 0 Å². The SMILES string of the molecule is Cc1cccc(NC(=S)Nc2ccc(N)c([N+](=O)[O-])c2)c1C. The smallest absolute Gasteiger partial charge is 0.294 e. The minimum atomic E-state index is -0.526. The number of hydrogen-bond donors (Lipinski definition) is 3. The number of thiocarbonyl (C=S) groups is 1. The first-order valence-electron chi connectivity index (χ1n) is 6.56. The van der Waals surface area contributed by atoms with Gasteiger partial charge in [-0.2, -0.15) is 0 Å². The molecule has 0 saturated heterocycles. The van der Waals surface area contributed by atoms with E-state index in [9.17, 15) is 10.1 Å². The van der Waals surface area contributed by atoms with Gasteiger partial charge in [0.15, 0.2) is 5.11 Å². The molecule has 2 aromatic carbocycles. The van der Waals surface area contributed by atoms with E-state index in [2.05, 4.69) is 10.6 Å². The van der Waals surface area contributed by atoms with E-state index in [4.69, 9.17) is 18.0 Å². The van der Waals surface area contributed by atoms with Gasteiger partial charge in [-0.05, 0) is 55.4 Å². The van der Waals surface area contributed by atoms with Gasteiger partial charge in [-0.1, -0.05) is 12.1 Å². The number of rotatable bonds is 3. The van der Waals surface area contributed by atoms with Crippen LogP contribution in [-0.2, 0) is 0 Å². The predicted octanol–water partition coefficient (Wildman–Crippen LogP) is 3.60. The summed E-state index contributed by atoms with van der Waals surface area (Å²) in [5.41, 5.74) is 9.16. The fourth-order valence-corrected chi connectivity index (χ4v) is 2.18. The molecule has 0 radical (unpaired) electrons. The summed E-state index contributed by atoms with van der Waals surface area (Å²) in [6, 6.07) is 10.3. The van der Waals surface area contributed by atoms with E-state index in [1.807, 2.05) is 32.0 Å². The average molecular weight is 316 g/mol. The van der Waals surface area contributed by atoms with Crippen molar-refractivity contribution in [1.82, 2.24) is 0 Å². The van der Waals surface area contributed by atoms with Crippen LogP contribution in [0, 0.1) is 24.0 Å². The summed E-state index contributed by atoms with van der Waals surface area (Å²) in [7, 11) is 0. The summed E-state index contributed by atoms with van der Waals surface area (Å²) in [5, 5.41) is 17.2. The number of benzene rings is 2. The van der Waals surface area contributed by atoms with Crippen molar-refractivity contribution in [2.45, 2.75) is 13.8 Å². The third kappa shape index (κ3) is 3.50. The minimum Gasteiger partial charge on any atom is -0.393 e. The normalized spacial score (nSPS) is 10.1. The van der Waals surface area contributed by atoms with Crippen molar-refractivity contribution in [2.75, 3.05) is 16.4 Å². The van der Waals surface area contributed by atoms with E-state index in [0.717, 1.165) is 16.8 Å². The second-order valence-electron chi connectivity index (χ2n) is 4.86. The number of nitrogens with two attached hydrogens (primary N) is 1. The number of hydrogen-bond acceptors (Lipinski definition) is 4. The fraction of sp³-hybridized carbons (Fsp3) is 0.133. The Labute approximate surface area is 133 Å². The fourth-order valence-electron chi connectivity index (χ4n) is 1.95. The molecule has 0 aromatic heterocycles. The molecule has 0 bridgehead atoms. The van der Waals surface area contributed by atoms with Crippen molar-refractivity contribution < 1.29 is 4.92 Å². The second kappa shape index (κ2) is 6.40. The van der Waals surface area contributed by atoms with Gasteiger partial charge in [0.1, 0.15) is 5.69 Å². The molecule has 6 nitrogen and oxygen atoms in total. The van der Waals surface area contributed by atoms with E-state index in [-0.39, 0.29) is 11.4 Å². The zero-order valence-corrected chi connectivity index (χ0v) is 13.0. The average Bonchev–Trinajstić information content (AvgIpc) is 2.45. The summed E-state index contributed by atoms with van der Waals surface area (Å²) < 4.78 is 0. The van der Waals surface area contributed by atoms with Crippen LogP contribution in [0.2, 0.25) is 0 Å². The monoisotopic (exact) mass is 316 g/mol. The topological polar surface area (TPSA) is 93.2 Å². The summed E-state index contributed by atoms with van der Waals surface area (Å²) in [6.07, 6.45) is 0. The third-order valence-corrected chi connectivity index (χ3v) is 3.54. The maximum atomic E-state index is 10.9. The van der Waals surface area contributed by atoms with Crippen molar-refractivity contribution in [2.24, 2.45) is 0 Å². The van der Waals surface area contributed by atoms with Gasteiger partial charge in [-0.25, -0.2) is 0 Å². The summed E-state index contributed by atoms with van der Waals surface area (Å²) >= 11 is 5.24. The number of nitrogens with zero attached hydrogens (tertiary/aromatic N) is 1. The first kappa shape index (κ1) is 15.7. The lowest BCUT2D eigenvalue weighted by Gasteiger charge is -2.14. The highest BCUT2D eigenvalue weighted by Gasteiger charge is 2.12. The molecular weight excluding hydrogens is 300 g/mol. The molecule has 2 aromatic rings. The molecule has 22 heavy (non-hydrogen) atoms. The van der Waals surface area contributed by atoms with E-state index in [1.54, 1.807) is 6.07 Å². The van der Waals surface area contributed by atoms with Crippen LogP contribution in [0.25, 0.3) is 0 Å². The lowest BCUT2D eigenvalue weighted by molar-refractivity contribution is -0.383. The largest absolute Gasteiger partial charge is 0.393 e. The van der Waals surface area contributed by atoms with Gasteiger partial charge in [0.2, 0.25) is 0 Å². The molecule has 2 rings (SSSR count). The quantitative estimate of drug-likeness (QED) is 0.347. The molecule has 0 heterocycles. The lowest BCUT2D eigenvalue weighted by Crippen LogP contribution is -2.19. The van der Waals surface area contributed by atoms with Gasteiger partial charge in [0.05, 0.1) is 4.92 Å². The van der Waals surface area contributed by atoms with Gasteiger partial charge >= 0.3 is 0 Å². The van der Waals surface area contributed by atoms with Crippen LogP contribution in [0.15, 0.2) is 36.4 Å². The van der Waals surface area contributed by atoms with Gasteiger partial charge in [-0.15, -0.1) is 0 Å². The first-order chi connectivity index (χ1) is 10.4. The maximum absolute atomic E-state index is 10.9. The van der Waals surface area contributed by atoms with E-state index < -0.39 is 4.92 Å². The molecule has 0 saturated carbocycles. The van der Waals surface area contributed by atoms with Crippen LogP contribution in [0.1, 0.15) is 11.1 Å². The van der Waals surface area contributed by atoms with Crippen LogP contribution >= 0.6 is 12.2 Å². The van der Waals surface area contributed by atoms with Gasteiger partial charge in [-0.3, -0.25) is 10.1 Å².